The predicted octanol–water partition coefficient (Wildman–Crippen LogP) is 2.21. The molecule has 2 atom stereocenters. The van der Waals surface area contributed by atoms with Crippen molar-refractivity contribution in [3.05, 3.63) is 11.9 Å². The maximum Gasteiger partial charge on any atom is 0.203 e. The van der Waals surface area contributed by atoms with Crippen LogP contribution in [0.15, 0.2) is 6.20 Å². The van der Waals surface area contributed by atoms with E-state index in [0.717, 1.165) is 30.9 Å². The van der Waals surface area contributed by atoms with Gasteiger partial charge in [0.05, 0.1) is 5.69 Å². The van der Waals surface area contributed by atoms with E-state index in [1.165, 1.54) is 25.0 Å². The first-order chi connectivity index (χ1) is 6.88. The van der Waals surface area contributed by atoms with Crippen molar-refractivity contribution < 1.29 is 0 Å². The Hall–Kier alpha value is -0.990. The normalized spacial score (nSPS) is 29.5. The summed E-state index contributed by atoms with van der Waals surface area (Å²) in [6.45, 7) is 3.30. The average molecular weight is 191 g/mol. The molecule has 0 saturated heterocycles. The molecule has 1 aromatic heterocycles. The topological polar surface area (TPSA) is 29.9 Å². The fourth-order valence-corrected chi connectivity index (χ4v) is 2.84. The molecular weight excluding hydrogens is 174 g/mol. The van der Waals surface area contributed by atoms with Gasteiger partial charge in [0.25, 0.3) is 0 Å². The Morgan fingerprint density at radius 1 is 1.57 bits per heavy atom. The largest absolute Gasteiger partial charge is 0.355 e. The van der Waals surface area contributed by atoms with E-state index in [0.29, 0.717) is 0 Å². The van der Waals surface area contributed by atoms with Crippen LogP contribution in [-0.2, 0) is 6.42 Å². The molecule has 1 aliphatic heterocycles. The lowest BCUT2D eigenvalue weighted by molar-refractivity contribution is 0.375. The summed E-state index contributed by atoms with van der Waals surface area (Å²) in [6.07, 6.45) is 7.40. The third-order valence-corrected chi connectivity index (χ3v) is 3.64. The number of anilines is 1. The monoisotopic (exact) mass is 191 g/mol. The molecule has 14 heavy (non-hydrogen) atoms. The zero-order valence-electron chi connectivity index (χ0n) is 8.66. The second-order valence-corrected chi connectivity index (χ2v) is 4.46. The van der Waals surface area contributed by atoms with E-state index in [2.05, 4.69) is 28.0 Å². The second-order valence-electron chi connectivity index (χ2n) is 4.46. The molecule has 1 aromatic rings. The van der Waals surface area contributed by atoms with E-state index in [9.17, 15) is 0 Å². The van der Waals surface area contributed by atoms with Gasteiger partial charge in [0.2, 0.25) is 5.95 Å². The summed E-state index contributed by atoms with van der Waals surface area (Å²) in [5, 5.41) is 3.44. The molecule has 1 aliphatic carbocycles. The van der Waals surface area contributed by atoms with Crippen molar-refractivity contribution in [2.45, 2.75) is 38.6 Å². The van der Waals surface area contributed by atoms with E-state index >= 15 is 0 Å². The quantitative estimate of drug-likeness (QED) is 0.737. The lowest BCUT2D eigenvalue weighted by atomic mass is 10.0. The molecule has 2 heterocycles. The van der Waals surface area contributed by atoms with Crippen LogP contribution in [0.2, 0.25) is 0 Å². The highest BCUT2D eigenvalue weighted by atomic mass is 15.2. The van der Waals surface area contributed by atoms with Gasteiger partial charge >= 0.3 is 0 Å². The number of imidazole rings is 1. The van der Waals surface area contributed by atoms with Crippen molar-refractivity contribution in [2.24, 2.45) is 5.92 Å². The van der Waals surface area contributed by atoms with Crippen LogP contribution >= 0.6 is 0 Å². The van der Waals surface area contributed by atoms with E-state index in [-0.39, 0.29) is 0 Å². The average Bonchev–Trinajstić information content (AvgIpc) is 2.82. The molecule has 0 aromatic carbocycles. The molecule has 0 amide bonds. The summed E-state index contributed by atoms with van der Waals surface area (Å²) in [6, 6.07) is 0.735. The maximum absolute atomic E-state index is 4.58. The molecule has 2 aliphatic rings. The summed E-state index contributed by atoms with van der Waals surface area (Å²) >= 11 is 0. The molecule has 0 spiro atoms. The van der Waals surface area contributed by atoms with Gasteiger partial charge in [0.15, 0.2) is 0 Å². The van der Waals surface area contributed by atoms with Gasteiger partial charge in [-0.15, -0.1) is 0 Å². The van der Waals surface area contributed by atoms with Crippen LogP contribution in [0.4, 0.5) is 5.95 Å². The molecule has 1 saturated carbocycles. The minimum Gasteiger partial charge on any atom is -0.355 e. The van der Waals surface area contributed by atoms with Crippen LogP contribution < -0.4 is 5.32 Å². The van der Waals surface area contributed by atoms with Gasteiger partial charge < -0.3 is 9.88 Å². The van der Waals surface area contributed by atoms with Crippen molar-refractivity contribution in [1.29, 1.82) is 0 Å². The number of nitrogens with zero attached hydrogens (tertiary/aromatic N) is 2. The Morgan fingerprint density at radius 2 is 2.50 bits per heavy atom. The number of hydrogen-bond acceptors (Lipinski definition) is 2. The Kier molecular flexibility index (Phi) is 1.79. The third kappa shape index (κ3) is 1.08. The molecule has 1 N–H and O–H groups in total. The van der Waals surface area contributed by atoms with Gasteiger partial charge in [0.1, 0.15) is 0 Å². The van der Waals surface area contributed by atoms with E-state index in [1.807, 2.05) is 0 Å². The van der Waals surface area contributed by atoms with Crippen molar-refractivity contribution in [3.8, 4) is 0 Å². The predicted molar refractivity (Wildman–Crippen MR) is 56.5 cm³/mol. The van der Waals surface area contributed by atoms with Gasteiger partial charge in [-0.1, -0.05) is 13.3 Å². The highest BCUT2D eigenvalue weighted by Gasteiger charge is 2.33. The Morgan fingerprint density at radius 3 is 3.36 bits per heavy atom. The first-order valence-electron chi connectivity index (χ1n) is 5.70. The molecule has 3 heteroatoms. The number of aryl methyl sites for hydroxylation is 1. The Bertz CT molecular complexity index is 342. The lowest BCUT2D eigenvalue weighted by Gasteiger charge is -2.28. The summed E-state index contributed by atoms with van der Waals surface area (Å²) in [5.41, 5.74) is 1.22. The van der Waals surface area contributed by atoms with Crippen molar-refractivity contribution >= 4 is 5.95 Å². The lowest BCUT2D eigenvalue weighted by Crippen LogP contribution is -2.28. The van der Waals surface area contributed by atoms with E-state index in [1.54, 1.807) is 0 Å². The van der Waals surface area contributed by atoms with Crippen LogP contribution in [0.3, 0.4) is 0 Å². The van der Waals surface area contributed by atoms with Gasteiger partial charge in [0, 0.05) is 18.8 Å². The summed E-state index contributed by atoms with van der Waals surface area (Å²) in [5.74, 6) is 1.95. The summed E-state index contributed by atoms with van der Waals surface area (Å²) in [7, 11) is 0. The highest BCUT2D eigenvalue weighted by Crippen LogP contribution is 2.40. The first kappa shape index (κ1) is 8.33. The third-order valence-electron chi connectivity index (χ3n) is 3.64. The fourth-order valence-electron chi connectivity index (χ4n) is 2.84. The number of nitrogens with one attached hydrogen (secondary N) is 1. The maximum atomic E-state index is 4.58. The van der Waals surface area contributed by atoms with Crippen LogP contribution in [0.1, 0.15) is 37.9 Å². The van der Waals surface area contributed by atoms with Gasteiger partial charge in [-0.3, -0.25) is 0 Å². The second kappa shape index (κ2) is 3.01. The number of aromatic nitrogens is 2. The molecule has 3 nitrogen and oxygen atoms in total. The van der Waals surface area contributed by atoms with Crippen LogP contribution in [0, 0.1) is 5.92 Å². The molecule has 1 fully saturated rings. The van der Waals surface area contributed by atoms with Crippen LogP contribution in [0.25, 0.3) is 0 Å². The number of hydrogen-bond donors (Lipinski definition) is 1. The standard InChI is InChI=1S/C11H17N3/c1-2-9-7-14-10-5-3-4-8(10)6-12-11(14)13-9/h7-8,10H,2-6H2,1H3,(H,12,13). The van der Waals surface area contributed by atoms with Crippen molar-refractivity contribution in [1.82, 2.24) is 9.55 Å². The molecule has 76 valence electrons. The van der Waals surface area contributed by atoms with E-state index in [4.69, 9.17) is 0 Å². The minimum atomic E-state index is 0.735. The first-order valence-corrected chi connectivity index (χ1v) is 5.70. The highest BCUT2D eigenvalue weighted by molar-refractivity contribution is 5.33. The van der Waals surface area contributed by atoms with Gasteiger partial charge in [-0.25, -0.2) is 4.98 Å². The fraction of sp³-hybridized carbons (Fsp3) is 0.727. The zero-order valence-corrected chi connectivity index (χ0v) is 8.66. The molecule has 0 radical (unpaired) electrons. The molecule has 2 unspecified atom stereocenters. The van der Waals surface area contributed by atoms with Gasteiger partial charge in [-0.05, 0) is 25.2 Å². The summed E-state index contributed by atoms with van der Waals surface area (Å²) < 4.78 is 2.38. The zero-order chi connectivity index (χ0) is 9.54. The molecular formula is C11H17N3. The molecule has 0 bridgehead atoms. The number of rotatable bonds is 1. The Labute approximate surface area is 84.5 Å². The van der Waals surface area contributed by atoms with Crippen molar-refractivity contribution in [3.63, 3.8) is 0 Å². The number of fused-ring (bicyclic) bond motifs is 3. The summed E-state index contributed by atoms with van der Waals surface area (Å²) in [4.78, 5) is 4.58. The smallest absolute Gasteiger partial charge is 0.203 e. The van der Waals surface area contributed by atoms with Crippen LogP contribution in [0.5, 0.6) is 0 Å². The van der Waals surface area contributed by atoms with Crippen LogP contribution in [-0.4, -0.2) is 16.1 Å². The van der Waals surface area contributed by atoms with E-state index < -0.39 is 0 Å². The van der Waals surface area contributed by atoms with Crippen molar-refractivity contribution in [2.75, 3.05) is 11.9 Å². The Balaban J connectivity index is 2.00. The molecule has 3 rings (SSSR count). The SMILES string of the molecule is CCc1cn2c(n1)NCC1CCCC12. The van der Waals surface area contributed by atoms with Gasteiger partial charge in [-0.2, -0.15) is 0 Å². The minimum absolute atomic E-state index is 0.735.